The molecule has 0 spiro atoms. The largest absolute Gasteiger partial charge is 0.361 e. The number of H-pyrrole nitrogens is 2. The van der Waals surface area contributed by atoms with Crippen molar-refractivity contribution in [2.24, 2.45) is 0 Å². The zero-order valence-electron chi connectivity index (χ0n) is 9.69. The number of benzene rings is 1. The van der Waals surface area contributed by atoms with E-state index in [4.69, 9.17) is 0 Å². The molecule has 0 fully saturated rings. The van der Waals surface area contributed by atoms with Crippen LogP contribution in [0.1, 0.15) is 16.2 Å². The van der Waals surface area contributed by atoms with Gasteiger partial charge in [-0.15, -0.1) is 5.10 Å². The molecule has 1 aromatic carbocycles. The number of hydrogen-bond donors (Lipinski definition) is 3. The highest BCUT2D eigenvalue weighted by atomic mass is 16.1. The molecule has 18 heavy (non-hydrogen) atoms. The standard InChI is InChI=1S/C12H11N5O/c1-7-14-12(17-16-7)15-11(18)9-3-2-8-4-5-13-10(8)6-9/h2-6,13H,1H3,(H2,14,15,16,17,18). The van der Waals surface area contributed by atoms with Crippen molar-refractivity contribution in [2.75, 3.05) is 5.32 Å². The Labute approximate surface area is 102 Å². The number of nitrogens with zero attached hydrogens (tertiary/aromatic N) is 2. The highest BCUT2D eigenvalue weighted by Crippen LogP contribution is 2.14. The van der Waals surface area contributed by atoms with Crippen molar-refractivity contribution in [1.29, 1.82) is 0 Å². The van der Waals surface area contributed by atoms with E-state index in [1.54, 1.807) is 19.1 Å². The second-order valence-corrected chi connectivity index (χ2v) is 3.98. The molecule has 0 saturated carbocycles. The number of anilines is 1. The van der Waals surface area contributed by atoms with E-state index in [1.807, 2.05) is 18.3 Å². The summed E-state index contributed by atoms with van der Waals surface area (Å²) in [6, 6.07) is 7.41. The predicted molar refractivity (Wildman–Crippen MR) is 67.4 cm³/mol. The number of hydrogen-bond acceptors (Lipinski definition) is 3. The maximum Gasteiger partial charge on any atom is 0.258 e. The van der Waals surface area contributed by atoms with Gasteiger partial charge in [0.2, 0.25) is 5.95 Å². The third-order valence-corrected chi connectivity index (χ3v) is 2.64. The Morgan fingerprint density at radius 3 is 3.00 bits per heavy atom. The first-order valence-corrected chi connectivity index (χ1v) is 5.50. The van der Waals surface area contributed by atoms with Gasteiger partial charge in [0.25, 0.3) is 5.91 Å². The molecule has 3 N–H and O–H groups in total. The van der Waals surface area contributed by atoms with Crippen LogP contribution in [0.15, 0.2) is 30.5 Å². The van der Waals surface area contributed by atoms with Crippen molar-refractivity contribution in [3.63, 3.8) is 0 Å². The van der Waals surface area contributed by atoms with Gasteiger partial charge in [-0.1, -0.05) is 6.07 Å². The van der Waals surface area contributed by atoms with Crippen LogP contribution < -0.4 is 5.32 Å². The Morgan fingerprint density at radius 1 is 1.33 bits per heavy atom. The fourth-order valence-electron chi connectivity index (χ4n) is 1.76. The number of aromatic amines is 2. The normalized spacial score (nSPS) is 10.7. The number of aromatic nitrogens is 4. The SMILES string of the molecule is Cc1nc(NC(=O)c2ccc3cc[nH]c3c2)n[nH]1. The van der Waals surface area contributed by atoms with Gasteiger partial charge in [-0.3, -0.25) is 15.2 Å². The van der Waals surface area contributed by atoms with Crippen LogP contribution in [0, 0.1) is 6.92 Å². The molecule has 90 valence electrons. The summed E-state index contributed by atoms with van der Waals surface area (Å²) >= 11 is 0. The summed E-state index contributed by atoms with van der Waals surface area (Å²) in [5, 5.41) is 10.2. The Morgan fingerprint density at radius 2 is 2.22 bits per heavy atom. The first kappa shape index (κ1) is 10.5. The summed E-state index contributed by atoms with van der Waals surface area (Å²) in [4.78, 5) is 19.1. The molecular formula is C12H11N5O. The first-order chi connectivity index (χ1) is 8.72. The maximum absolute atomic E-state index is 12.0. The number of rotatable bonds is 2. The minimum Gasteiger partial charge on any atom is -0.361 e. The lowest BCUT2D eigenvalue weighted by Crippen LogP contribution is -2.12. The lowest BCUT2D eigenvalue weighted by Gasteiger charge is -2.01. The maximum atomic E-state index is 12.0. The summed E-state index contributed by atoms with van der Waals surface area (Å²) in [6.45, 7) is 1.77. The molecule has 0 atom stereocenters. The number of nitrogens with one attached hydrogen (secondary N) is 3. The summed E-state index contributed by atoms with van der Waals surface area (Å²) in [5.74, 6) is 0.708. The third kappa shape index (κ3) is 1.84. The van der Waals surface area contributed by atoms with Gasteiger partial charge in [0.05, 0.1) is 0 Å². The van der Waals surface area contributed by atoms with E-state index in [-0.39, 0.29) is 11.9 Å². The van der Waals surface area contributed by atoms with Crippen molar-refractivity contribution >= 4 is 22.8 Å². The molecule has 0 saturated heterocycles. The average Bonchev–Trinajstić information content (AvgIpc) is 2.96. The number of carbonyl (C=O) groups is 1. The summed E-state index contributed by atoms with van der Waals surface area (Å²) in [7, 11) is 0. The van der Waals surface area contributed by atoms with Crippen LogP contribution in [0.5, 0.6) is 0 Å². The van der Waals surface area contributed by atoms with Crippen molar-refractivity contribution in [3.05, 3.63) is 41.9 Å². The molecule has 0 radical (unpaired) electrons. The van der Waals surface area contributed by atoms with Crippen molar-refractivity contribution < 1.29 is 4.79 Å². The van der Waals surface area contributed by atoms with E-state index in [1.165, 1.54) is 0 Å². The van der Waals surface area contributed by atoms with Gasteiger partial charge in [-0.25, -0.2) is 0 Å². The summed E-state index contributed by atoms with van der Waals surface area (Å²) < 4.78 is 0. The smallest absolute Gasteiger partial charge is 0.258 e. The molecule has 2 heterocycles. The topological polar surface area (TPSA) is 86.5 Å². The number of aryl methyl sites for hydroxylation is 1. The molecule has 0 unspecified atom stereocenters. The van der Waals surface area contributed by atoms with Gasteiger partial charge in [0, 0.05) is 17.3 Å². The van der Waals surface area contributed by atoms with E-state index in [2.05, 4.69) is 25.5 Å². The molecule has 6 heteroatoms. The van der Waals surface area contributed by atoms with Crippen molar-refractivity contribution in [2.45, 2.75) is 6.92 Å². The van der Waals surface area contributed by atoms with E-state index in [0.717, 1.165) is 10.9 Å². The Hall–Kier alpha value is -2.63. The fourth-order valence-corrected chi connectivity index (χ4v) is 1.76. The molecule has 3 aromatic rings. The average molecular weight is 241 g/mol. The van der Waals surface area contributed by atoms with Crippen molar-refractivity contribution in [3.8, 4) is 0 Å². The van der Waals surface area contributed by atoms with Gasteiger partial charge in [-0.05, 0) is 30.5 Å². The van der Waals surface area contributed by atoms with E-state index < -0.39 is 0 Å². The van der Waals surface area contributed by atoms with Crippen LogP contribution in [0.3, 0.4) is 0 Å². The highest BCUT2D eigenvalue weighted by Gasteiger charge is 2.09. The minimum absolute atomic E-state index is 0.231. The summed E-state index contributed by atoms with van der Waals surface area (Å²) in [6.07, 6.45) is 1.84. The monoisotopic (exact) mass is 241 g/mol. The van der Waals surface area contributed by atoms with E-state index in [9.17, 15) is 4.79 Å². The summed E-state index contributed by atoms with van der Waals surface area (Å²) in [5.41, 5.74) is 1.49. The second-order valence-electron chi connectivity index (χ2n) is 3.98. The Balaban J connectivity index is 1.87. The quantitative estimate of drug-likeness (QED) is 0.639. The predicted octanol–water partition coefficient (Wildman–Crippen LogP) is 1.85. The molecule has 2 aromatic heterocycles. The van der Waals surface area contributed by atoms with Gasteiger partial charge in [0.1, 0.15) is 5.82 Å². The minimum atomic E-state index is -0.231. The fraction of sp³-hybridized carbons (Fsp3) is 0.0833. The third-order valence-electron chi connectivity index (χ3n) is 2.64. The lowest BCUT2D eigenvalue weighted by molar-refractivity contribution is 0.102. The van der Waals surface area contributed by atoms with Gasteiger partial charge >= 0.3 is 0 Å². The molecule has 6 nitrogen and oxygen atoms in total. The molecule has 0 aliphatic carbocycles. The Kier molecular flexibility index (Phi) is 2.33. The molecule has 0 aliphatic rings. The molecule has 1 amide bonds. The molecule has 0 aliphatic heterocycles. The van der Waals surface area contributed by atoms with Crippen LogP contribution in [-0.2, 0) is 0 Å². The van der Waals surface area contributed by atoms with E-state index in [0.29, 0.717) is 11.4 Å². The molecule has 0 bridgehead atoms. The van der Waals surface area contributed by atoms with Crippen LogP contribution in [0.4, 0.5) is 5.95 Å². The van der Waals surface area contributed by atoms with Crippen LogP contribution in [0.25, 0.3) is 10.9 Å². The van der Waals surface area contributed by atoms with Crippen LogP contribution in [-0.4, -0.2) is 26.1 Å². The number of carbonyl (C=O) groups excluding carboxylic acids is 1. The number of fused-ring (bicyclic) bond motifs is 1. The van der Waals surface area contributed by atoms with Gasteiger partial charge in [-0.2, -0.15) is 4.98 Å². The first-order valence-electron chi connectivity index (χ1n) is 5.50. The van der Waals surface area contributed by atoms with Gasteiger partial charge in [0.15, 0.2) is 0 Å². The number of amides is 1. The van der Waals surface area contributed by atoms with Crippen molar-refractivity contribution in [1.82, 2.24) is 20.2 Å². The molecule has 3 rings (SSSR count). The van der Waals surface area contributed by atoms with Crippen LogP contribution in [0.2, 0.25) is 0 Å². The van der Waals surface area contributed by atoms with E-state index >= 15 is 0 Å². The van der Waals surface area contributed by atoms with Crippen LogP contribution >= 0.6 is 0 Å². The second kappa shape index (κ2) is 3.99. The zero-order valence-corrected chi connectivity index (χ0v) is 9.69. The lowest BCUT2D eigenvalue weighted by atomic mass is 10.1. The Bertz CT molecular complexity index is 712. The molecular weight excluding hydrogens is 230 g/mol. The van der Waals surface area contributed by atoms with Gasteiger partial charge < -0.3 is 4.98 Å². The highest BCUT2D eigenvalue weighted by molar-refractivity contribution is 6.05. The zero-order chi connectivity index (χ0) is 12.5.